The number of hydrogen-bond acceptors (Lipinski definition) is 4. The van der Waals surface area contributed by atoms with Crippen LogP contribution >= 0.6 is 39.9 Å². The lowest BCUT2D eigenvalue weighted by atomic mass is 10.1. The summed E-state index contributed by atoms with van der Waals surface area (Å²) in [5.41, 5.74) is 1.54. The fourth-order valence-electron chi connectivity index (χ4n) is 1.79. The molecule has 0 spiro atoms. The van der Waals surface area contributed by atoms with Crippen LogP contribution in [0.4, 0.5) is 5.82 Å². The Balaban J connectivity index is 0.00000264. The van der Waals surface area contributed by atoms with Gasteiger partial charge in [-0.25, -0.2) is 0 Å². The van der Waals surface area contributed by atoms with Gasteiger partial charge in [0.15, 0.2) is 5.82 Å². The van der Waals surface area contributed by atoms with E-state index in [1.54, 1.807) is 19.2 Å². The minimum absolute atomic E-state index is 0. The van der Waals surface area contributed by atoms with Crippen LogP contribution in [0.3, 0.4) is 0 Å². The molecule has 0 aliphatic rings. The molecule has 126 valence electrons. The molecule has 2 rings (SSSR count). The maximum Gasteiger partial charge on any atom is 0.239 e. The first-order chi connectivity index (χ1) is 10.6. The molecule has 0 aliphatic heterocycles. The molecule has 0 fully saturated rings. The summed E-state index contributed by atoms with van der Waals surface area (Å²) in [6, 6.07) is 7.27. The molecule has 0 aliphatic carbocycles. The van der Waals surface area contributed by atoms with E-state index in [9.17, 15) is 4.79 Å². The number of H-pyrrole nitrogens is 1. The number of anilines is 1. The average molecular weight is 424 g/mol. The van der Waals surface area contributed by atoms with Crippen molar-refractivity contribution in [2.45, 2.75) is 0 Å². The van der Waals surface area contributed by atoms with Gasteiger partial charge in [-0.1, -0.05) is 27.5 Å². The first kappa shape index (κ1) is 19.9. The third-order valence-corrected chi connectivity index (χ3v) is 3.66. The third kappa shape index (κ3) is 6.12. The Labute approximate surface area is 153 Å². The maximum atomic E-state index is 11.7. The van der Waals surface area contributed by atoms with E-state index < -0.39 is 0 Å². The Morgan fingerprint density at radius 3 is 2.96 bits per heavy atom. The molecule has 3 N–H and O–H groups in total. The molecule has 0 bridgehead atoms. The first-order valence-corrected chi connectivity index (χ1v) is 7.77. The average Bonchev–Trinajstić information content (AvgIpc) is 2.94. The zero-order chi connectivity index (χ0) is 15.9. The predicted molar refractivity (Wildman–Crippen MR) is 97.4 cm³/mol. The van der Waals surface area contributed by atoms with Crippen molar-refractivity contribution >= 4 is 51.7 Å². The number of aromatic nitrogens is 2. The molecule has 0 saturated heterocycles. The molecule has 2 aromatic rings. The van der Waals surface area contributed by atoms with Crippen LogP contribution in [0.1, 0.15) is 0 Å². The second-order valence-electron chi connectivity index (χ2n) is 4.51. The number of nitrogens with zero attached hydrogens (tertiary/aromatic N) is 1. The normalized spacial score (nSPS) is 10.2. The third-order valence-electron chi connectivity index (χ3n) is 2.83. The van der Waals surface area contributed by atoms with E-state index >= 15 is 0 Å². The number of hydrogen-bond donors (Lipinski definition) is 3. The van der Waals surface area contributed by atoms with Crippen molar-refractivity contribution in [1.82, 2.24) is 15.5 Å². The summed E-state index contributed by atoms with van der Waals surface area (Å²) in [7, 11) is 1.61. The molecule has 0 saturated carbocycles. The molecule has 6 nitrogen and oxygen atoms in total. The number of methoxy groups -OCH3 is 1. The molecule has 0 radical (unpaired) electrons. The van der Waals surface area contributed by atoms with Crippen molar-refractivity contribution in [3.8, 4) is 11.3 Å². The topological polar surface area (TPSA) is 79.0 Å². The van der Waals surface area contributed by atoms with Crippen molar-refractivity contribution in [3.63, 3.8) is 0 Å². The van der Waals surface area contributed by atoms with Crippen LogP contribution in [0, 0.1) is 0 Å². The lowest BCUT2D eigenvalue weighted by molar-refractivity contribution is -0.115. The summed E-state index contributed by atoms with van der Waals surface area (Å²) in [6.07, 6.45) is 0. The van der Waals surface area contributed by atoms with Crippen molar-refractivity contribution in [1.29, 1.82) is 0 Å². The quantitative estimate of drug-likeness (QED) is 0.598. The summed E-state index contributed by atoms with van der Waals surface area (Å²) in [6.45, 7) is 1.37. The van der Waals surface area contributed by atoms with Gasteiger partial charge >= 0.3 is 0 Å². The molecule has 0 atom stereocenters. The lowest BCUT2D eigenvalue weighted by Crippen LogP contribution is -2.30. The Morgan fingerprint density at radius 2 is 2.22 bits per heavy atom. The van der Waals surface area contributed by atoms with Gasteiger partial charge in [0.05, 0.1) is 23.9 Å². The minimum Gasteiger partial charge on any atom is -0.383 e. The molecular weight excluding hydrogens is 407 g/mol. The summed E-state index contributed by atoms with van der Waals surface area (Å²) >= 11 is 9.57. The summed E-state index contributed by atoms with van der Waals surface area (Å²) < 4.78 is 5.80. The SMILES string of the molecule is COCCNCC(=O)Nc1cc(-c2cc(Br)ccc2Cl)[nH]n1.Cl. The van der Waals surface area contributed by atoms with E-state index in [2.05, 4.69) is 36.8 Å². The standard InChI is InChI=1S/C14H16BrClN4O2.ClH/c1-22-5-4-17-8-14(21)18-13-7-12(19-20-13)10-6-9(15)2-3-11(10)16;/h2-3,6-7,17H,4-5,8H2,1H3,(H2,18,19,20,21);1H. The van der Waals surface area contributed by atoms with Gasteiger partial charge in [0.1, 0.15) is 0 Å². The van der Waals surface area contributed by atoms with Gasteiger partial charge in [-0.3, -0.25) is 9.89 Å². The van der Waals surface area contributed by atoms with Crippen molar-refractivity contribution < 1.29 is 9.53 Å². The number of ether oxygens (including phenoxy) is 1. The Hall–Kier alpha value is -1.12. The number of nitrogens with one attached hydrogen (secondary N) is 3. The molecule has 0 unspecified atom stereocenters. The Bertz CT molecular complexity index is 651. The fraction of sp³-hybridized carbons (Fsp3) is 0.286. The van der Waals surface area contributed by atoms with E-state index in [1.807, 2.05) is 12.1 Å². The number of carbonyl (C=O) groups is 1. The van der Waals surface area contributed by atoms with Gasteiger partial charge in [0.25, 0.3) is 0 Å². The predicted octanol–water partition coefficient (Wildman–Crippen LogP) is 3.09. The van der Waals surface area contributed by atoms with Crippen LogP contribution in [-0.4, -0.2) is 42.9 Å². The summed E-state index contributed by atoms with van der Waals surface area (Å²) in [5.74, 6) is 0.277. The lowest BCUT2D eigenvalue weighted by Gasteiger charge is -2.03. The highest BCUT2D eigenvalue weighted by molar-refractivity contribution is 9.10. The van der Waals surface area contributed by atoms with Crippen molar-refractivity contribution in [3.05, 3.63) is 33.8 Å². The molecule has 23 heavy (non-hydrogen) atoms. The first-order valence-electron chi connectivity index (χ1n) is 6.60. The highest BCUT2D eigenvalue weighted by Crippen LogP contribution is 2.30. The zero-order valence-electron chi connectivity index (χ0n) is 12.4. The molecule has 1 amide bonds. The molecular formula is C14H17BrCl2N4O2. The van der Waals surface area contributed by atoms with Crippen molar-refractivity contribution in [2.75, 3.05) is 32.1 Å². The second kappa shape index (κ2) is 9.89. The zero-order valence-corrected chi connectivity index (χ0v) is 15.5. The van der Waals surface area contributed by atoms with E-state index in [1.165, 1.54) is 0 Å². The van der Waals surface area contributed by atoms with Gasteiger partial charge in [-0.2, -0.15) is 5.10 Å². The number of carbonyl (C=O) groups excluding carboxylic acids is 1. The number of aromatic amines is 1. The van der Waals surface area contributed by atoms with Crippen LogP contribution in [0.15, 0.2) is 28.7 Å². The van der Waals surface area contributed by atoms with Crippen LogP contribution in [-0.2, 0) is 9.53 Å². The largest absolute Gasteiger partial charge is 0.383 e. The molecule has 9 heteroatoms. The monoisotopic (exact) mass is 422 g/mol. The Morgan fingerprint density at radius 1 is 1.43 bits per heavy atom. The van der Waals surface area contributed by atoms with E-state index in [-0.39, 0.29) is 24.9 Å². The number of benzene rings is 1. The van der Waals surface area contributed by atoms with Crippen LogP contribution in [0.25, 0.3) is 11.3 Å². The van der Waals surface area contributed by atoms with Gasteiger partial charge < -0.3 is 15.4 Å². The second-order valence-corrected chi connectivity index (χ2v) is 5.83. The van der Waals surface area contributed by atoms with E-state index in [0.717, 1.165) is 15.7 Å². The fourth-order valence-corrected chi connectivity index (χ4v) is 2.37. The molecule has 1 aromatic carbocycles. The van der Waals surface area contributed by atoms with Gasteiger partial charge in [0.2, 0.25) is 5.91 Å². The van der Waals surface area contributed by atoms with E-state index in [4.69, 9.17) is 16.3 Å². The summed E-state index contributed by atoms with van der Waals surface area (Å²) in [5, 5.41) is 13.2. The van der Waals surface area contributed by atoms with Gasteiger partial charge in [0, 0.05) is 29.8 Å². The summed E-state index contributed by atoms with van der Waals surface area (Å²) in [4.78, 5) is 11.7. The highest BCUT2D eigenvalue weighted by atomic mass is 79.9. The molecule has 1 heterocycles. The number of rotatable bonds is 7. The van der Waals surface area contributed by atoms with Crippen LogP contribution in [0.2, 0.25) is 5.02 Å². The van der Waals surface area contributed by atoms with Crippen LogP contribution in [0.5, 0.6) is 0 Å². The number of amides is 1. The Kier molecular flexibility index (Phi) is 8.57. The van der Waals surface area contributed by atoms with Gasteiger partial charge in [-0.15, -0.1) is 12.4 Å². The van der Waals surface area contributed by atoms with Gasteiger partial charge in [-0.05, 0) is 18.2 Å². The van der Waals surface area contributed by atoms with Crippen molar-refractivity contribution in [2.24, 2.45) is 0 Å². The van der Waals surface area contributed by atoms with E-state index in [0.29, 0.717) is 24.0 Å². The minimum atomic E-state index is -0.172. The highest BCUT2D eigenvalue weighted by Gasteiger charge is 2.10. The smallest absolute Gasteiger partial charge is 0.239 e. The molecule has 1 aromatic heterocycles. The maximum absolute atomic E-state index is 11.7. The number of halogens is 3. The van der Waals surface area contributed by atoms with Crippen LogP contribution < -0.4 is 10.6 Å².